The SMILES string of the molecule is COCC1CCCN(S(=O)(=O)NCc2c(OC)ccc3ccccc23)C1. The molecule has 0 saturated carbocycles. The second-order valence-corrected chi connectivity index (χ2v) is 8.37. The number of piperidine rings is 1. The van der Waals surface area contributed by atoms with Crippen LogP contribution in [-0.2, 0) is 21.5 Å². The third-order valence-corrected chi connectivity index (χ3v) is 6.39. The number of hydrogen-bond acceptors (Lipinski definition) is 4. The van der Waals surface area contributed by atoms with Gasteiger partial charge in [0.2, 0.25) is 0 Å². The van der Waals surface area contributed by atoms with Gasteiger partial charge >= 0.3 is 0 Å². The van der Waals surface area contributed by atoms with Gasteiger partial charge in [-0.2, -0.15) is 17.4 Å². The summed E-state index contributed by atoms with van der Waals surface area (Å²) < 4.78 is 40.5. The molecular weight excluding hydrogens is 352 g/mol. The average Bonchev–Trinajstić information content (AvgIpc) is 2.66. The summed E-state index contributed by atoms with van der Waals surface area (Å²) in [6, 6.07) is 11.8. The first-order chi connectivity index (χ1) is 12.5. The summed E-state index contributed by atoms with van der Waals surface area (Å²) in [6.45, 7) is 1.82. The fourth-order valence-electron chi connectivity index (χ4n) is 3.56. The van der Waals surface area contributed by atoms with Crippen molar-refractivity contribution in [3.05, 3.63) is 42.0 Å². The van der Waals surface area contributed by atoms with E-state index in [-0.39, 0.29) is 12.5 Å². The van der Waals surface area contributed by atoms with Crippen LogP contribution in [0.3, 0.4) is 0 Å². The molecular formula is C19H26N2O4S. The summed E-state index contributed by atoms with van der Waals surface area (Å²) in [5.41, 5.74) is 0.847. The number of nitrogens with one attached hydrogen (secondary N) is 1. The van der Waals surface area contributed by atoms with Crippen LogP contribution in [0.15, 0.2) is 36.4 Å². The Kier molecular flexibility index (Phi) is 6.13. The molecule has 1 heterocycles. The smallest absolute Gasteiger partial charge is 0.279 e. The van der Waals surface area contributed by atoms with E-state index in [1.54, 1.807) is 14.2 Å². The first-order valence-electron chi connectivity index (χ1n) is 8.83. The van der Waals surface area contributed by atoms with Crippen LogP contribution in [0.1, 0.15) is 18.4 Å². The molecule has 1 unspecified atom stereocenters. The predicted molar refractivity (Wildman–Crippen MR) is 102 cm³/mol. The molecule has 2 aromatic carbocycles. The van der Waals surface area contributed by atoms with Gasteiger partial charge in [0.1, 0.15) is 5.75 Å². The second kappa shape index (κ2) is 8.35. The molecule has 1 aliphatic rings. The normalized spacial score (nSPS) is 18.9. The van der Waals surface area contributed by atoms with Crippen molar-refractivity contribution in [1.29, 1.82) is 0 Å². The van der Waals surface area contributed by atoms with E-state index in [1.807, 2.05) is 36.4 Å². The largest absolute Gasteiger partial charge is 0.496 e. The zero-order valence-electron chi connectivity index (χ0n) is 15.3. The minimum absolute atomic E-state index is 0.193. The molecule has 7 heteroatoms. The summed E-state index contributed by atoms with van der Waals surface area (Å²) >= 11 is 0. The summed E-state index contributed by atoms with van der Waals surface area (Å²) in [5, 5.41) is 2.05. The Labute approximate surface area is 155 Å². The summed E-state index contributed by atoms with van der Waals surface area (Å²) in [4.78, 5) is 0. The van der Waals surface area contributed by atoms with Crippen molar-refractivity contribution in [2.24, 2.45) is 5.92 Å². The Morgan fingerprint density at radius 3 is 2.77 bits per heavy atom. The lowest BCUT2D eigenvalue weighted by Crippen LogP contribution is -2.46. The molecule has 0 spiro atoms. The van der Waals surface area contributed by atoms with Crippen molar-refractivity contribution in [2.45, 2.75) is 19.4 Å². The molecule has 1 atom stereocenters. The zero-order chi connectivity index (χ0) is 18.6. The van der Waals surface area contributed by atoms with Crippen molar-refractivity contribution in [2.75, 3.05) is 33.9 Å². The third kappa shape index (κ3) is 4.17. The molecule has 6 nitrogen and oxygen atoms in total. The molecule has 2 aromatic rings. The Bertz CT molecular complexity index is 852. The second-order valence-electron chi connectivity index (χ2n) is 6.62. The van der Waals surface area contributed by atoms with Gasteiger partial charge in [0.15, 0.2) is 0 Å². The van der Waals surface area contributed by atoms with Crippen LogP contribution in [-0.4, -0.2) is 46.6 Å². The van der Waals surface area contributed by atoms with Crippen LogP contribution in [0.4, 0.5) is 0 Å². The van der Waals surface area contributed by atoms with Gasteiger partial charge in [-0.05, 0) is 35.6 Å². The molecule has 0 aliphatic carbocycles. The van der Waals surface area contributed by atoms with E-state index in [9.17, 15) is 8.42 Å². The van der Waals surface area contributed by atoms with Crippen molar-refractivity contribution in [3.8, 4) is 5.75 Å². The Balaban J connectivity index is 1.78. The van der Waals surface area contributed by atoms with Gasteiger partial charge in [-0.1, -0.05) is 30.3 Å². The highest BCUT2D eigenvalue weighted by Crippen LogP contribution is 2.28. The van der Waals surface area contributed by atoms with E-state index in [0.717, 1.165) is 29.2 Å². The van der Waals surface area contributed by atoms with E-state index < -0.39 is 10.2 Å². The number of fused-ring (bicyclic) bond motifs is 1. The van der Waals surface area contributed by atoms with Gasteiger partial charge in [-0.15, -0.1) is 0 Å². The first kappa shape index (κ1) is 19.1. The van der Waals surface area contributed by atoms with Gasteiger partial charge < -0.3 is 9.47 Å². The number of benzene rings is 2. The Hall–Kier alpha value is -1.67. The van der Waals surface area contributed by atoms with Crippen LogP contribution in [0.25, 0.3) is 10.8 Å². The number of nitrogens with zero attached hydrogens (tertiary/aromatic N) is 1. The van der Waals surface area contributed by atoms with Crippen LogP contribution < -0.4 is 9.46 Å². The van der Waals surface area contributed by atoms with Crippen molar-refractivity contribution >= 4 is 21.0 Å². The highest BCUT2D eigenvalue weighted by molar-refractivity contribution is 7.87. The van der Waals surface area contributed by atoms with Gasteiger partial charge in [0.05, 0.1) is 13.7 Å². The van der Waals surface area contributed by atoms with Gasteiger partial charge in [-0.25, -0.2) is 0 Å². The Morgan fingerprint density at radius 1 is 1.19 bits per heavy atom. The van der Waals surface area contributed by atoms with Crippen LogP contribution in [0.2, 0.25) is 0 Å². The van der Waals surface area contributed by atoms with Crippen molar-refractivity contribution in [3.63, 3.8) is 0 Å². The maximum absolute atomic E-state index is 12.8. The van der Waals surface area contributed by atoms with Crippen molar-refractivity contribution < 1.29 is 17.9 Å². The lowest BCUT2D eigenvalue weighted by Gasteiger charge is -2.31. The molecule has 0 radical (unpaired) electrons. The molecule has 3 rings (SSSR count). The van der Waals surface area contributed by atoms with Crippen LogP contribution in [0, 0.1) is 5.92 Å². The lowest BCUT2D eigenvalue weighted by atomic mass is 10.0. The molecule has 1 saturated heterocycles. The topological polar surface area (TPSA) is 67.9 Å². The number of rotatable bonds is 7. The maximum atomic E-state index is 12.8. The number of hydrogen-bond donors (Lipinski definition) is 1. The molecule has 1 fully saturated rings. The first-order valence-corrected chi connectivity index (χ1v) is 10.3. The molecule has 0 aromatic heterocycles. The summed E-state index contributed by atoms with van der Waals surface area (Å²) in [7, 11) is -0.304. The highest BCUT2D eigenvalue weighted by Gasteiger charge is 2.29. The van der Waals surface area contributed by atoms with E-state index in [1.165, 1.54) is 4.31 Å². The molecule has 1 aliphatic heterocycles. The van der Waals surface area contributed by atoms with E-state index in [2.05, 4.69) is 4.72 Å². The average molecular weight is 378 g/mol. The molecule has 1 N–H and O–H groups in total. The van der Waals surface area contributed by atoms with Gasteiger partial charge in [0.25, 0.3) is 10.2 Å². The fraction of sp³-hybridized carbons (Fsp3) is 0.474. The maximum Gasteiger partial charge on any atom is 0.279 e. The monoisotopic (exact) mass is 378 g/mol. The molecule has 0 bridgehead atoms. The van der Waals surface area contributed by atoms with Gasteiger partial charge in [-0.3, -0.25) is 0 Å². The standard InChI is InChI=1S/C19H26N2O4S/c1-24-14-15-6-5-11-21(13-15)26(22,23)20-12-18-17-8-4-3-7-16(17)9-10-19(18)25-2/h3-4,7-10,15,20H,5-6,11-14H2,1-2H3. The number of methoxy groups -OCH3 is 2. The summed E-state index contributed by atoms with van der Waals surface area (Å²) in [6.07, 6.45) is 1.85. The third-order valence-electron chi connectivity index (χ3n) is 4.87. The van der Waals surface area contributed by atoms with Gasteiger partial charge in [0, 0.05) is 32.3 Å². The minimum Gasteiger partial charge on any atom is -0.496 e. The Morgan fingerprint density at radius 2 is 2.00 bits per heavy atom. The van der Waals surface area contributed by atoms with E-state index >= 15 is 0 Å². The number of ether oxygens (including phenoxy) is 2. The van der Waals surface area contributed by atoms with Crippen LogP contribution in [0.5, 0.6) is 5.75 Å². The lowest BCUT2D eigenvalue weighted by molar-refractivity contribution is 0.118. The molecule has 0 amide bonds. The minimum atomic E-state index is -3.55. The quantitative estimate of drug-likeness (QED) is 0.804. The van der Waals surface area contributed by atoms with Crippen LogP contribution >= 0.6 is 0 Å². The zero-order valence-corrected chi connectivity index (χ0v) is 16.1. The predicted octanol–water partition coefficient (Wildman–Crippen LogP) is 2.54. The summed E-state index contributed by atoms with van der Waals surface area (Å²) in [5.74, 6) is 0.930. The highest BCUT2D eigenvalue weighted by atomic mass is 32.2. The molecule has 142 valence electrons. The molecule has 26 heavy (non-hydrogen) atoms. The van der Waals surface area contributed by atoms with Crippen molar-refractivity contribution in [1.82, 2.24) is 9.03 Å². The van der Waals surface area contributed by atoms with E-state index in [4.69, 9.17) is 9.47 Å². The van der Waals surface area contributed by atoms with E-state index in [0.29, 0.717) is 25.4 Å². The fourth-order valence-corrected chi connectivity index (χ4v) is 4.85.